The number of rotatable bonds is 12. The van der Waals surface area contributed by atoms with Crippen molar-refractivity contribution < 1.29 is 23.8 Å². The number of piperidine rings is 1. The van der Waals surface area contributed by atoms with Crippen molar-refractivity contribution in [2.45, 2.75) is 37.9 Å². The molecule has 2 saturated heterocycles. The van der Waals surface area contributed by atoms with Crippen molar-refractivity contribution in [3.8, 4) is 16.9 Å². The second-order valence-electron chi connectivity index (χ2n) is 13.0. The number of hydrogen-bond acceptors (Lipinski definition) is 6. The van der Waals surface area contributed by atoms with Gasteiger partial charge in [0.1, 0.15) is 18.2 Å². The van der Waals surface area contributed by atoms with Crippen LogP contribution in [-0.4, -0.2) is 101 Å². The van der Waals surface area contributed by atoms with Gasteiger partial charge in [0.2, 0.25) is 5.91 Å². The van der Waals surface area contributed by atoms with Gasteiger partial charge >= 0.3 is 6.09 Å². The first kappa shape index (κ1) is 34.7. The second-order valence-corrected chi connectivity index (χ2v) is 13.4. The molecule has 4 N–H and O–H groups in total. The van der Waals surface area contributed by atoms with E-state index in [1.807, 2.05) is 30.3 Å². The highest BCUT2D eigenvalue weighted by Crippen LogP contribution is 2.34. The van der Waals surface area contributed by atoms with Crippen molar-refractivity contribution in [3.63, 3.8) is 0 Å². The lowest BCUT2D eigenvalue weighted by Crippen LogP contribution is -2.60. The van der Waals surface area contributed by atoms with E-state index in [-0.39, 0.29) is 24.8 Å². The summed E-state index contributed by atoms with van der Waals surface area (Å²) in [6.45, 7) is 7.60. The predicted octanol–water partition coefficient (Wildman–Crippen LogP) is 5.28. The predicted molar refractivity (Wildman–Crippen MR) is 189 cm³/mol. The molecule has 2 aliphatic rings. The minimum absolute atomic E-state index is 0.244. The van der Waals surface area contributed by atoms with Crippen molar-refractivity contribution in [1.29, 1.82) is 0 Å². The largest absolute Gasteiger partial charge is 0.492 e. The van der Waals surface area contributed by atoms with E-state index >= 15 is 0 Å². The first-order valence-electron chi connectivity index (χ1n) is 16.9. The maximum absolute atomic E-state index is 14.4. The van der Waals surface area contributed by atoms with Gasteiger partial charge in [-0.3, -0.25) is 14.6 Å². The molecule has 0 unspecified atom stereocenters. The number of carbonyl (C=O) groups excluding carboxylic acids is 1. The van der Waals surface area contributed by atoms with E-state index in [1.54, 1.807) is 12.1 Å². The summed E-state index contributed by atoms with van der Waals surface area (Å²) in [6.07, 6.45) is 2.36. The van der Waals surface area contributed by atoms with Gasteiger partial charge in [-0.15, -0.1) is 0 Å². The maximum atomic E-state index is 14.4. The number of benzene rings is 3. The van der Waals surface area contributed by atoms with Crippen LogP contribution in [0.2, 0.25) is 5.02 Å². The van der Waals surface area contributed by atoms with Crippen molar-refractivity contribution in [1.82, 2.24) is 24.6 Å². The Bertz CT molecular complexity index is 1750. The molecular formula is C37H44ClFN6O4. The molecule has 2 amide bonds. The summed E-state index contributed by atoms with van der Waals surface area (Å²) in [7, 11) is 0. The van der Waals surface area contributed by atoms with E-state index in [1.165, 1.54) is 16.5 Å². The zero-order valence-electron chi connectivity index (χ0n) is 27.6. The minimum atomic E-state index is -1.07. The third kappa shape index (κ3) is 8.53. The van der Waals surface area contributed by atoms with Gasteiger partial charge in [-0.1, -0.05) is 35.9 Å². The number of halogens is 2. The zero-order valence-corrected chi connectivity index (χ0v) is 28.4. The molecule has 2 fully saturated rings. The summed E-state index contributed by atoms with van der Waals surface area (Å²) in [4.78, 5) is 30.4. The van der Waals surface area contributed by atoms with E-state index in [9.17, 15) is 19.1 Å². The summed E-state index contributed by atoms with van der Waals surface area (Å²) in [6, 6.07) is 20.5. The van der Waals surface area contributed by atoms with E-state index in [2.05, 4.69) is 44.1 Å². The van der Waals surface area contributed by atoms with Crippen LogP contribution < -0.4 is 15.8 Å². The Morgan fingerprint density at radius 1 is 0.939 bits per heavy atom. The molecule has 260 valence electrons. The Kier molecular flexibility index (Phi) is 11.0. The standard InChI is InChI=1S/C37H44ClFN6O4/c38-29-8-10-31(11-9-29)49-23-22-42-18-20-43(21-19-42)25-28-5-2-7-33-34(28)32(27-4-1-6-30(39)24-27)26-45(33)15-3-14-41-35(46)37(40)12-16-44(17-13-37)36(47)48/h1-2,4-11,24,26H,3,12-23,25,40H2,(H,41,46)(H,47,48). The highest BCUT2D eigenvalue weighted by atomic mass is 35.5. The van der Waals surface area contributed by atoms with E-state index in [4.69, 9.17) is 22.1 Å². The molecule has 1 aromatic heterocycles. The molecule has 0 aliphatic carbocycles. The molecule has 0 spiro atoms. The zero-order chi connectivity index (χ0) is 34.4. The molecule has 49 heavy (non-hydrogen) atoms. The van der Waals surface area contributed by atoms with E-state index in [0.29, 0.717) is 44.0 Å². The Labute approximate surface area is 291 Å². The SMILES string of the molecule is NC1(C(=O)NCCCn2cc(-c3cccc(F)c3)c3c(CN4CCN(CCOc5ccc(Cl)cc5)CC4)cccc32)CCN(C(=O)O)CC1. The number of fused-ring (bicyclic) bond motifs is 1. The third-order valence-corrected chi connectivity index (χ3v) is 9.97. The lowest BCUT2D eigenvalue weighted by molar-refractivity contribution is -0.128. The van der Waals surface area contributed by atoms with Gasteiger partial charge in [-0.05, 0) is 72.9 Å². The highest BCUT2D eigenvalue weighted by Gasteiger charge is 2.38. The van der Waals surface area contributed by atoms with Gasteiger partial charge < -0.3 is 30.4 Å². The molecule has 10 nitrogen and oxygen atoms in total. The number of carboxylic acid groups (broad SMARTS) is 1. The highest BCUT2D eigenvalue weighted by molar-refractivity contribution is 6.30. The fourth-order valence-corrected chi connectivity index (χ4v) is 6.93. The number of aryl methyl sites for hydroxylation is 1. The van der Waals surface area contributed by atoms with Gasteiger partial charge in [-0.25, -0.2) is 9.18 Å². The van der Waals surface area contributed by atoms with E-state index < -0.39 is 11.6 Å². The molecule has 4 aromatic rings. The van der Waals surface area contributed by atoms with Crippen LogP contribution in [0.1, 0.15) is 24.8 Å². The molecule has 6 rings (SSSR count). The molecule has 0 bridgehead atoms. The average Bonchev–Trinajstić information content (AvgIpc) is 3.48. The number of nitrogens with zero attached hydrogens (tertiary/aromatic N) is 4. The second kappa shape index (κ2) is 15.6. The van der Waals surface area contributed by atoms with Gasteiger partial charge in [0.25, 0.3) is 0 Å². The first-order chi connectivity index (χ1) is 23.7. The smallest absolute Gasteiger partial charge is 0.407 e. The number of carbonyl (C=O) groups is 2. The maximum Gasteiger partial charge on any atom is 0.407 e. The number of ether oxygens (including phenoxy) is 1. The monoisotopic (exact) mass is 690 g/mol. The molecule has 12 heteroatoms. The first-order valence-corrected chi connectivity index (χ1v) is 17.3. The Hall–Kier alpha value is -4.16. The van der Waals surface area contributed by atoms with Crippen molar-refractivity contribution in [3.05, 3.63) is 89.3 Å². The van der Waals surface area contributed by atoms with E-state index in [0.717, 1.165) is 67.0 Å². The Balaban J connectivity index is 1.09. The number of amides is 2. The number of aromatic nitrogens is 1. The third-order valence-electron chi connectivity index (χ3n) is 9.72. The molecule has 0 atom stereocenters. The van der Waals surface area contributed by atoms with Crippen LogP contribution in [0.25, 0.3) is 22.0 Å². The van der Waals surface area contributed by atoms with Crippen LogP contribution >= 0.6 is 11.6 Å². The summed E-state index contributed by atoms with van der Waals surface area (Å²) in [5.41, 5.74) is 9.38. The molecular weight excluding hydrogens is 647 g/mol. The molecule has 3 heterocycles. The molecule has 3 aromatic carbocycles. The van der Waals surface area contributed by atoms with Crippen LogP contribution in [0.3, 0.4) is 0 Å². The van der Waals surface area contributed by atoms with Crippen LogP contribution in [0.4, 0.5) is 9.18 Å². The van der Waals surface area contributed by atoms with Crippen molar-refractivity contribution >= 4 is 34.5 Å². The quantitative estimate of drug-likeness (QED) is 0.173. The van der Waals surface area contributed by atoms with Crippen LogP contribution in [0.15, 0.2) is 72.9 Å². The number of nitrogens with two attached hydrogens (primary N) is 1. The van der Waals surface area contributed by atoms with Crippen LogP contribution in [0, 0.1) is 5.82 Å². The molecule has 0 saturated carbocycles. The number of piperazine rings is 1. The normalized spacial score (nSPS) is 16.9. The van der Waals surface area contributed by atoms with Gasteiger partial charge in [-0.2, -0.15) is 0 Å². The summed E-state index contributed by atoms with van der Waals surface area (Å²) >= 11 is 5.98. The number of likely N-dealkylation sites (tertiary alicyclic amines) is 1. The number of nitrogens with one attached hydrogen (secondary N) is 1. The summed E-state index contributed by atoms with van der Waals surface area (Å²) in [5, 5.41) is 14.0. The minimum Gasteiger partial charge on any atom is -0.492 e. The summed E-state index contributed by atoms with van der Waals surface area (Å²) < 4.78 is 22.5. The lowest BCUT2D eigenvalue weighted by Gasteiger charge is -2.36. The lowest BCUT2D eigenvalue weighted by atomic mass is 9.88. The average molecular weight is 691 g/mol. The van der Waals surface area contributed by atoms with Crippen LogP contribution in [0.5, 0.6) is 5.75 Å². The fourth-order valence-electron chi connectivity index (χ4n) is 6.81. The van der Waals surface area contributed by atoms with Crippen molar-refractivity contribution in [2.75, 3.05) is 59.0 Å². The van der Waals surface area contributed by atoms with Gasteiger partial charge in [0, 0.05) is 93.1 Å². The Morgan fingerprint density at radius 3 is 2.37 bits per heavy atom. The van der Waals surface area contributed by atoms with Crippen molar-refractivity contribution in [2.24, 2.45) is 5.73 Å². The van der Waals surface area contributed by atoms with Crippen LogP contribution in [-0.2, 0) is 17.9 Å². The molecule has 0 radical (unpaired) electrons. The van der Waals surface area contributed by atoms with Gasteiger partial charge in [0.15, 0.2) is 0 Å². The molecule has 2 aliphatic heterocycles. The summed E-state index contributed by atoms with van der Waals surface area (Å²) in [5.74, 6) is 0.299. The topological polar surface area (TPSA) is 116 Å². The Morgan fingerprint density at radius 2 is 1.65 bits per heavy atom. The fraction of sp³-hybridized carbons (Fsp3) is 0.405. The number of hydrogen-bond donors (Lipinski definition) is 3. The van der Waals surface area contributed by atoms with Gasteiger partial charge in [0.05, 0.1) is 5.54 Å².